The van der Waals surface area contributed by atoms with Gasteiger partial charge in [-0.2, -0.15) is 4.98 Å². The molecule has 9 heteroatoms. The lowest BCUT2D eigenvalue weighted by molar-refractivity contribution is -0.136. The van der Waals surface area contributed by atoms with Crippen LogP contribution in [0.1, 0.15) is 43.1 Å². The van der Waals surface area contributed by atoms with E-state index in [0.717, 1.165) is 24.8 Å². The number of carbonyl (C=O) groups excluding carboxylic acids is 2. The Hall–Kier alpha value is -3.88. The highest BCUT2D eigenvalue weighted by atomic mass is 16.5. The number of hydrogen-bond acceptors (Lipinski definition) is 7. The van der Waals surface area contributed by atoms with Crippen LogP contribution in [0, 0.1) is 5.92 Å². The van der Waals surface area contributed by atoms with Gasteiger partial charge in [-0.25, -0.2) is 4.79 Å². The van der Waals surface area contributed by atoms with Crippen molar-refractivity contribution in [2.75, 3.05) is 20.8 Å². The van der Waals surface area contributed by atoms with E-state index < -0.39 is 0 Å². The Morgan fingerprint density at radius 3 is 2.53 bits per heavy atom. The Morgan fingerprint density at radius 2 is 1.81 bits per heavy atom. The van der Waals surface area contributed by atoms with Gasteiger partial charge in [0.25, 0.3) is 0 Å². The van der Waals surface area contributed by atoms with Gasteiger partial charge in [0.2, 0.25) is 17.6 Å². The standard InChI is InChI=1S/C27H30N4O5/c1-34-20-13-19(14-21(16-20)35-2)24-29-25(36-30-24)18-10-11-22-23(15-18)28-27(33)31(26(22)32)12-6-9-17-7-4-3-5-8-17/h3-5,7-8,13-14,16,18,22-23H,6,9-12,15H2,1-2H3,(H,28,33). The number of nitrogens with zero attached hydrogens (tertiary/aromatic N) is 3. The van der Waals surface area contributed by atoms with E-state index in [0.29, 0.717) is 42.6 Å². The molecule has 5 rings (SSSR count). The van der Waals surface area contributed by atoms with Crippen LogP contribution in [0.5, 0.6) is 11.5 Å². The van der Waals surface area contributed by atoms with E-state index in [1.807, 2.05) is 30.3 Å². The number of carbonyl (C=O) groups is 2. The van der Waals surface area contributed by atoms with E-state index in [9.17, 15) is 9.59 Å². The van der Waals surface area contributed by atoms with Crippen molar-refractivity contribution >= 4 is 11.9 Å². The third-order valence-electron chi connectivity index (χ3n) is 7.08. The summed E-state index contributed by atoms with van der Waals surface area (Å²) in [5.41, 5.74) is 1.93. The summed E-state index contributed by atoms with van der Waals surface area (Å²) in [6.07, 6.45) is 3.55. The predicted octanol–water partition coefficient (Wildman–Crippen LogP) is 4.19. The van der Waals surface area contributed by atoms with Gasteiger partial charge < -0.3 is 19.3 Å². The largest absolute Gasteiger partial charge is 0.497 e. The molecule has 1 saturated heterocycles. The lowest BCUT2D eigenvalue weighted by Crippen LogP contribution is -2.61. The molecule has 188 valence electrons. The van der Waals surface area contributed by atoms with Crippen molar-refractivity contribution in [3.05, 3.63) is 60.0 Å². The number of aryl methyl sites for hydroxylation is 1. The number of ether oxygens (including phenoxy) is 2. The highest BCUT2D eigenvalue weighted by Crippen LogP contribution is 2.39. The molecule has 36 heavy (non-hydrogen) atoms. The molecule has 0 radical (unpaired) electrons. The van der Waals surface area contributed by atoms with Crippen LogP contribution in [0.3, 0.4) is 0 Å². The zero-order valence-electron chi connectivity index (χ0n) is 20.5. The SMILES string of the molecule is COc1cc(OC)cc(-c2noc(C3CCC4C(=O)N(CCCc5ccccc5)C(=O)NC4C3)n2)c1. The molecule has 3 amide bonds. The zero-order valence-corrected chi connectivity index (χ0v) is 20.5. The molecule has 0 spiro atoms. The van der Waals surface area contributed by atoms with Crippen LogP contribution in [0.4, 0.5) is 4.79 Å². The molecule has 1 aliphatic heterocycles. The summed E-state index contributed by atoms with van der Waals surface area (Å²) in [7, 11) is 3.17. The van der Waals surface area contributed by atoms with Crippen LogP contribution in [0.25, 0.3) is 11.4 Å². The normalized spacial score (nSPS) is 21.6. The molecular formula is C27H30N4O5. The molecule has 3 unspecified atom stereocenters. The van der Waals surface area contributed by atoms with Crippen molar-refractivity contribution in [1.29, 1.82) is 0 Å². The van der Waals surface area contributed by atoms with Gasteiger partial charge in [-0.15, -0.1) is 0 Å². The van der Waals surface area contributed by atoms with E-state index >= 15 is 0 Å². The van der Waals surface area contributed by atoms with Gasteiger partial charge in [0.05, 0.1) is 20.1 Å². The molecule has 1 aliphatic carbocycles. The molecule has 2 fully saturated rings. The molecule has 1 aromatic heterocycles. The number of aromatic nitrogens is 2. The summed E-state index contributed by atoms with van der Waals surface area (Å²) in [6.45, 7) is 0.420. The summed E-state index contributed by atoms with van der Waals surface area (Å²) < 4.78 is 16.3. The fourth-order valence-electron chi connectivity index (χ4n) is 5.14. The summed E-state index contributed by atoms with van der Waals surface area (Å²) in [4.78, 5) is 31.9. The van der Waals surface area contributed by atoms with E-state index in [1.54, 1.807) is 20.3 Å². The first kappa shape index (κ1) is 23.8. The van der Waals surface area contributed by atoms with Gasteiger partial charge in [-0.1, -0.05) is 35.5 Å². The Morgan fingerprint density at radius 1 is 1.06 bits per heavy atom. The topological polar surface area (TPSA) is 107 Å². The second kappa shape index (κ2) is 10.4. The number of hydrogen-bond donors (Lipinski definition) is 1. The molecule has 3 aromatic rings. The predicted molar refractivity (Wildman–Crippen MR) is 132 cm³/mol. The third-order valence-corrected chi connectivity index (χ3v) is 7.08. The molecule has 1 saturated carbocycles. The molecular weight excluding hydrogens is 460 g/mol. The van der Waals surface area contributed by atoms with Crippen LogP contribution >= 0.6 is 0 Å². The highest BCUT2D eigenvalue weighted by molar-refractivity contribution is 5.98. The maximum atomic E-state index is 13.2. The Labute approximate surface area is 209 Å². The van der Waals surface area contributed by atoms with Crippen molar-refractivity contribution in [2.45, 2.75) is 44.1 Å². The number of rotatable bonds is 8. The average Bonchev–Trinajstić information content (AvgIpc) is 3.41. The van der Waals surface area contributed by atoms with E-state index in [-0.39, 0.29) is 29.8 Å². The number of nitrogens with one attached hydrogen (secondary N) is 1. The first-order valence-corrected chi connectivity index (χ1v) is 12.3. The quantitative estimate of drug-likeness (QED) is 0.505. The first-order chi connectivity index (χ1) is 17.6. The second-order valence-electron chi connectivity index (χ2n) is 9.31. The van der Waals surface area contributed by atoms with Crippen molar-refractivity contribution < 1.29 is 23.6 Å². The van der Waals surface area contributed by atoms with Crippen molar-refractivity contribution in [3.8, 4) is 22.9 Å². The minimum Gasteiger partial charge on any atom is -0.497 e. The number of benzene rings is 2. The van der Waals surface area contributed by atoms with Crippen LogP contribution in [0.2, 0.25) is 0 Å². The van der Waals surface area contributed by atoms with Crippen molar-refractivity contribution in [3.63, 3.8) is 0 Å². The number of amides is 3. The minimum absolute atomic E-state index is 0.0299. The minimum atomic E-state index is -0.315. The molecule has 9 nitrogen and oxygen atoms in total. The molecule has 0 bridgehead atoms. The van der Waals surface area contributed by atoms with E-state index in [2.05, 4.69) is 27.6 Å². The number of fused-ring (bicyclic) bond motifs is 1. The van der Waals surface area contributed by atoms with Crippen LogP contribution in [-0.4, -0.2) is 53.8 Å². The monoisotopic (exact) mass is 490 g/mol. The number of methoxy groups -OCH3 is 2. The fourth-order valence-corrected chi connectivity index (χ4v) is 5.14. The fraction of sp³-hybridized carbons (Fsp3) is 0.407. The van der Waals surface area contributed by atoms with Crippen LogP contribution in [-0.2, 0) is 11.2 Å². The lowest BCUT2D eigenvalue weighted by Gasteiger charge is -2.41. The van der Waals surface area contributed by atoms with Crippen molar-refractivity contribution in [1.82, 2.24) is 20.4 Å². The summed E-state index contributed by atoms with van der Waals surface area (Å²) in [6, 6.07) is 15.0. The van der Waals surface area contributed by atoms with Gasteiger partial charge in [0.15, 0.2) is 0 Å². The van der Waals surface area contributed by atoms with Crippen LogP contribution < -0.4 is 14.8 Å². The van der Waals surface area contributed by atoms with Gasteiger partial charge in [-0.05, 0) is 49.8 Å². The number of urea groups is 1. The van der Waals surface area contributed by atoms with Gasteiger partial charge in [0, 0.05) is 30.1 Å². The van der Waals surface area contributed by atoms with Crippen molar-refractivity contribution in [2.24, 2.45) is 5.92 Å². The lowest BCUT2D eigenvalue weighted by atomic mass is 9.76. The summed E-state index contributed by atoms with van der Waals surface area (Å²) >= 11 is 0. The molecule has 3 atom stereocenters. The number of imide groups is 1. The van der Waals surface area contributed by atoms with Gasteiger partial charge in [0.1, 0.15) is 11.5 Å². The maximum absolute atomic E-state index is 13.2. The van der Waals surface area contributed by atoms with Gasteiger partial charge in [-0.3, -0.25) is 9.69 Å². The smallest absolute Gasteiger partial charge is 0.324 e. The summed E-state index contributed by atoms with van der Waals surface area (Å²) in [5.74, 6) is 1.89. The van der Waals surface area contributed by atoms with Gasteiger partial charge >= 0.3 is 6.03 Å². The molecule has 2 heterocycles. The molecule has 2 aromatic carbocycles. The Bertz CT molecular complexity index is 1210. The molecule has 2 aliphatic rings. The zero-order chi connectivity index (χ0) is 25.1. The summed E-state index contributed by atoms with van der Waals surface area (Å²) in [5, 5.41) is 7.22. The first-order valence-electron chi connectivity index (χ1n) is 12.3. The average molecular weight is 491 g/mol. The Kier molecular flexibility index (Phi) is 6.88. The Balaban J connectivity index is 1.22. The third kappa shape index (κ3) is 4.91. The van der Waals surface area contributed by atoms with Crippen LogP contribution in [0.15, 0.2) is 53.1 Å². The van der Waals surface area contributed by atoms with E-state index in [1.165, 1.54) is 10.5 Å². The highest BCUT2D eigenvalue weighted by Gasteiger charge is 2.45. The second-order valence-corrected chi connectivity index (χ2v) is 9.31. The molecule has 1 N–H and O–H groups in total. The van der Waals surface area contributed by atoms with E-state index in [4.69, 9.17) is 14.0 Å². The maximum Gasteiger partial charge on any atom is 0.324 e.